The van der Waals surface area contributed by atoms with Crippen LogP contribution in [0.4, 0.5) is 18.0 Å². The van der Waals surface area contributed by atoms with Crippen LogP contribution in [0.3, 0.4) is 0 Å². The number of hydrogen-bond donors (Lipinski definition) is 1. The molecule has 0 aromatic carbocycles. The van der Waals surface area contributed by atoms with Crippen molar-refractivity contribution in [2.75, 3.05) is 26.2 Å². The van der Waals surface area contributed by atoms with Crippen molar-refractivity contribution < 1.29 is 18.0 Å². The highest BCUT2D eigenvalue weighted by Crippen LogP contribution is 2.44. The van der Waals surface area contributed by atoms with Gasteiger partial charge >= 0.3 is 12.2 Å². The Morgan fingerprint density at radius 3 is 2.26 bits per heavy atom. The number of amides is 2. The van der Waals surface area contributed by atoms with Gasteiger partial charge in [0.2, 0.25) is 0 Å². The Morgan fingerprint density at radius 2 is 1.78 bits per heavy atom. The first-order chi connectivity index (χ1) is 10.7. The maximum atomic E-state index is 13.1. The Bertz CT molecular complexity index is 417. The van der Waals surface area contributed by atoms with E-state index in [0.717, 1.165) is 38.9 Å². The molecule has 7 heteroatoms. The molecule has 0 bridgehead atoms. The van der Waals surface area contributed by atoms with Crippen LogP contribution in [0.25, 0.3) is 0 Å². The molecule has 0 aromatic heterocycles. The highest BCUT2D eigenvalue weighted by atomic mass is 19.4. The highest BCUT2D eigenvalue weighted by molar-refractivity contribution is 5.76. The summed E-state index contributed by atoms with van der Waals surface area (Å²) < 4.78 is 39.3. The van der Waals surface area contributed by atoms with Crippen LogP contribution in [0.2, 0.25) is 0 Å². The van der Waals surface area contributed by atoms with Crippen molar-refractivity contribution in [1.82, 2.24) is 15.1 Å². The standard InChI is InChI=1S/C16H28F3N3O/c1-4-8-21-9-5-12(6-10-21)20-14(23)22-11-7-13(15(22,2)3)16(17,18)19/h12-13H,4-11H2,1-3H3,(H,20,23). The first-order valence-electron chi connectivity index (χ1n) is 8.53. The van der Waals surface area contributed by atoms with Crippen LogP contribution in [0.15, 0.2) is 0 Å². The van der Waals surface area contributed by atoms with Crippen LogP contribution in [0, 0.1) is 5.92 Å². The summed E-state index contributed by atoms with van der Waals surface area (Å²) in [6.07, 6.45) is -1.44. The van der Waals surface area contributed by atoms with Gasteiger partial charge in [-0.2, -0.15) is 13.2 Å². The maximum Gasteiger partial charge on any atom is 0.394 e. The lowest BCUT2D eigenvalue weighted by atomic mass is 9.88. The van der Waals surface area contributed by atoms with Crippen molar-refractivity contribution in [3.8, 4) is 0 Å². The molecule has 23 heavy (non-hydrogen) atoms. The Kier molecular flexibility index (Phi) is 5.48. The summed E-state index contributed by atoms with van der Waals surface area (Å²) >= 11 is 0. The molecule has 1 unspecified atom stereocenters. The number of hydrogen-bond acceptors (Lipinski definition) is 2. The van der Waals surface area contributed by atoms with Crippen LogP contribution in [0.1, 0.15) is 46.5 Å². The SMILES string of the molecule is CCCN1CCC(NC(=O)N2CCC(C(F)(F)F)C2(C)C)CC1. The Labute approximate surface area is 136 Å². The van der Waals surface area contributed by atoms with Gasteiger partial charge in [0, 0.05) is 25.7 Å². The van der Waals surface area contributed by atoms with Crippen LogP contribution in [-0.4, -0.2) is 59.8 Å². The van der Waals surface area contributed by atoms with Gasteiger partial charge in [0.15, 0.2) is 0 Å². The molecule has 0 saturated carbocycles. The third kappa shape index (κ3) is 4.11. The van der Waals surface area contributed by atoms with E-state index in [-0.39, 0.29) is 25.0 Å². The zero-order valence-corrected chi connectivity index (χ0v) is 14.2. The molecule has 134 valence electrons. The molecular weight excluding hydrogens is 307 g/mol. The predicted molar refractivity (Wildman–Crippen MR) is 83.2 cm³/mol. The molecule has 1 atom stereocenters. The van der Waals surface area contributed by atoms with Gasteiger partial charge in [-0.05, 0) is 46.1 Å². The van der Waals surface area contributed by atoms with E-state index >= 15 is 0 Å². The molecule has 2 heterocycles. The molecule has 4 nitrogen and oxygen atoms in total. The molecule has 2 fully saturated rings. The van der Waals surface area contributed by atoms with Crippen LogP contribution in [-0.2, 0) is 0 Å². The largest absolute Gasteiger partial charge is 0.394 e. The zero-order chi connectivity index (χ0) is 17.3. The Morgan fingerprint density at radius 1 is 1.17 bits per heavy atom. The van der Waals surface area contributed by atoms with E-state index in [9.17, 15) is 18.0 Å². The quantitative estimate of drug-likeness (QED) is 0.859. The topological polar surface area (TPSA) is 35.6 Å². The average Bonchev–Trinajstić information content (AvgIpc) is 2.76. The monoisotopic (exact) mass is 335 g/mol. The van der Waals surface area contributed by atoms with Crippen LogP contribution >= 0.6 is 0 Å². The van der Waals surface area contributed by atoms with E-state index in [0.29, 0.717) is 0 Å². The lowest BCUT2D eigenvalue weighted by Crippen LogP contribution is -2.55. The highest BCUT2D eigenvalue weighted by Gasteiger charge is 2.56. The zero-order valence-electron chi connectivity index (χ0n) is 14.2. The fourth-order valence-electron chi connectivity index (χ4n) is 3.88. The molecular formula is C16H28F3N3O. The number of piperidine rings is 1. The Hall–Kier alpha value is -0.980. The van der Waals surface area contributed by atoms with E-state index in [1.54, 1.807) is 0 Å². The molecule has 0 spiro atoms. The lowest BCUT2D eigenvalue weighted by molar-refractivity contribution is -0.189. The molecule has 2 aliphatic heterocycles. The summed E-state index contributed by atoms with van der Waals surface area (Å²) in [7, 11) is 0. The number of likely N-dealkylation sites (tertiary alicyclic amines) is 2. The summed E-state index contributed by atoms with van der Waals surface area (Å²) in [6.45, 7) is 8.27. The molecule has 2 rings (SSSR count). The third-order valence-corrected chi connectivity index (χ3v) is 5.29. The smallest absolute Gasteiger partial charge is 0.335 e. The minimum atomic E-state index is -4.26. The van der Waals surface area contributed by atoms with Gasteiger partial charge in [0.05, 0.1) is 11.5 Å². The molecule has 1 N–H and O–H groups in total. The first kappa shape index (κ1) is 18.4. The van der Waals surface area contributed by atoms with Gasteiger partial charge in [-0.25, -0.2) is 4.79 Å². The fraction of sp³-hybridized carbons (Fsp3) is 0.938. The average molecular weight is 335 g/mol. The molecule has 0 aliphatic carbocycles. The van der Waals surface area contributed by atoms with E-state index < -0.39 is 17.6 Å². The van der Waals surface area contributed by atoms with Crippen molar-refractivity contribution in [2.24, 2.45) is 5.92 Å². The summed E-state index contributed by atoms with van der Waals surface area (Å²) in [5, 5.41) is 2.94. The molecule has 0 radical (unpaired) electrons. The predicted octanol–water partition coefficient (Wildman–Crippen LogP) is 3.23. The van der Waals surface area contributed by atoms with E-state index in [4.69, 9.17) is 0 Å². The number of carbonyl (C=O) groups is 1. The molecule has 2 amide bonds. The molecule has 0 aromatic rings. The maximum absolute atomic E-state index is 13.1. The minimum Gasteiger partial charge on any atom is -0.335 e. The second-order valence-electron chi connectivity index (χ2n) is 7.25. The number of alkyl halides is 3. The van der Waals surface area contributed by atoms with Crippen molar-refractivity contribution in [1.29, 1.82) is 0 Å². The summed E-state index contributed by atoms with van der Waals surface area (Å²) in [4.78, 5) is 16.2. The summed E-state index contributed by atoms with van der Waals surface area (Å²) in [5.74, 6) is -1.45. The van der Waals surface area contributed by atoms with E-state index in [1.807, 2.05) is 0 Å². The minimum absolute atomic E-state index is 0.0150. The van der Waals surface area contributed by atoms with E-state index in [2.05, 4.69) is 17.1 Å². The first-order valence-corrected chi connectivity index (χ1v) is 8.53. The number of urea groups is 1. The fourth-order valence-corrected chi connectivity index (χ4v) is 3.88. The van der Waals surface area contributed by atoms with Gasteiger partial charge in [-0.15, -0.1) is 0 Å². The number of carbonyl (C=O) groups excluding carboxylic acids is 1. The summed E-state index contributed by atoms with van der Waals surface area (Å²) in [6, 6.07) is -0.285. The normalized spacial score (nSPS) is 26.5. The van der Waals surface area contributed by atoms with E-state index in [1.165, 1.54) is 18.7 Å². The summed E-state index contributed by atoms with van der Waals surface area (Å²) in [5.41, 5.74) is -1.19. The molecule has 2 aliphatic rings. The van der Waals surface area contributed by atoms with Crippen LogP contribution < -0.4 is 5.32 Å². The second-order valence-corrected chi connectivity index (χ2v) is 7.25. The third-order valence-electron chi connectivity index (χ3n) is 5.29. The van der Waals surface area contributed by atoms with Crippen molar-refractivity contribution in [3.63, 3.8) is 0 Å². The van der Waals surface area contributed by atoms with Gasteiger partial charge in [0.25, 0.3) is 0 Å². The number of nitrogens with one attached hydrogen (secondary N) is 1. The molecule has 2 saturated heterocycles. The number of halogens is 3. The van der Waals surface area contributed by atoms with Crippen molar-refractivity contribution >= 4 is 6.03 Å². The van der Waals surface area contributed by atoms with Crippen LogP contribution in [0.5, 0.6) is 0 Å². The van der Waals surface area contributed by atoms with Gasteiger partial charge in [-0.1, -0.05) is 6.92 Å². The number of rotatable bonds is 3. The number of nitrogens with zero attached hydrogens (tertiary/aromatic N) is 2. The Balaban J connectivity index is 1.90. The van der Waals surface area contributed by atoms with Gasteiger partial charge in [0.1, 0.15) is 0 Å². The van der Waals surface area contributed by atoms with Gasteiger partial charge in [-0.3, -0.25) is 0 Å². The van der Waals surface area contributed by atoms with Crippen molar-refractivity contribution in [3.05, 3.63) is 0 Å². The lowest BCUT2D eigenvalue weighted by Gasteiger charge is -2.38. The van der Waals surface area contributed by atoms with Crippen molar-refractivity contribution in [2.45, 2.75) is 64.2 Å². The van der Waals surface area contributed by atoms with Gasteiger partial charge < -0.3 is 15.1 Å². The second kappa shape index (κ2) is 6.87.